The molecule has 7 nitrogen and oxygen atoms in total. The summed E-state index contributed by atoms with van der Waals surface area (Å²) in [4.78, 5) is 22.8. The molecule has 122 valence electrons. The highest BCUT2D eigenvalue weighted by Crippen LogP contribution is 2.13. The number of hydrogen-bond donors (Lipinski definition) is 0. The average Bonchev–Trinajstić information content (AvgIpc) is 3.02. The Morgan fingerprint density at radius 2 is 2.00 bits per heavy atom. The first kappa shape index (κ1) is 15.5. The fourth-order valence-corrected chi connectivity index (χ4v) is 2.68. The minimum absolute atomic E-state index is 0.0648. The van der Waals surface area contributed by atoms with Gasteiger partial charge in [-0.25, -0.2) is 4.98 Å². The quantitative estimate of drug-likeness (QED) is 0.827. The molecule has 1 fully saturated rings. The van der Waals surface area contributed by atoms with Gasteiger partial charge in [0.15, 0.2) is 5.82 Å². The number of nitrogens with zero attached hydrogens (tertiary/aromatic N) is 6. The maximum absolute atomic E-state index is 12.4. The number of aryl methyl sites for hydroxylation is 1. The first-order chi connectivity index (χ1) is 11.1. The van der Waals surface area contributed by atoms with Crippen LogP contribution in [0.5, 0.6) is 0 Å². The predicted octanol–water partition coefficient (Wildman–Crippen LogP) is 0.600. The number of anilines is 2. The van der Waals surface area contributed by atoms with Gasteiger partial charge in [0.1, 0.15) is 5.82 Å². The summed E-state index contributed by atoms with van der Waals surface area (Å²) in [5.41, 5.74) is 0. The Morgan fingerprint density at radius 3 is 2.61 bits per heavy atom. The van der Waals surface area contributed by atoms with Gasteiger partial charge >= 0.3 is 0 Å². The van der Waals surface area contributed by atoms with Crippen molar-refractivity contribution in [1.82, 2.24) is 19.7 Å². The highest BCUT2D eigenvalue weighted by atomic mass is 16.2. The van der Waals surface area contributed by atoms with Crippen LogP contribution < -0.4 is 9.80 Å². The highest BCUT2D eigenvalue weighted by molar-refractivity contribution is 5.93. The first-order valence-electron chi connectivity index (χ1n) is 7.78. The van der Waals surface area contributed by atoms with E-state index in [4.69, 9.17) is 0 Å². The number of carbonyl (C=O) groups is 1. The third kappa shape index (κ3) is 3.68. The van der Waals surface area contributed by atoms with Crippen molar-refractivity contribution in [3.63, 3.8) is 0 Å². The molecule has 2 aromatic heterocycles. The Hall–Kier alpha value is -2.41. The second kappa shape index (κ2) is 6.78. The van der Waals surface area contributed by atoms with Gasteiger partial charge in [-0.05, 0) is 12.1 Å². The van der Waals surface area contributed by atoms with Gasteiger partial charge in [-0.15, -0.1) is 0 Å². The molecular weight excluding hydrogens is 292 g/mol. The maximum atomic E-state index is 12.4. The van der Waals surface area contributed by atoms with Crippen molar-refractivity contribution < 1.29 is 4.79 Å². The van der Waals surface area contributed by atoms with Crippen LogP contribution >= 0.6 is 0 Å². The summed E-state index contributed by atoms with van der Waals surface area (Å²) in [6.07, 6.45) is 3.65. The molecule has 2 aromatic rings. The molecular formula is C16H22N6O. The molecule has 0 bridgehead atoms. The second-order valence-corrected chi connectivity index (χ2v) is 5.75. The van der Waals surface area contributed by atoms with Crippen LogP contribution in [-0.4, -0.2) is 65.3 Å². The van der Waals surface area contributed by atoms with Crippen LogP contribution in [0.1, 0.15) is 0 Å². The fraction of sp³-hybridized carbons (Fsp3) is 0.438. The highest BCUT2D eigenvalue weighted by Gasteiger charge is 2.22. The molecule has 0 aliphatic carbocycles. The van der Waals surface area contributed by atoms with E-state index in [1.165, 1.54) is 0 Å². The zero-order chi connectivity index (χ0) is 16.2. The van der Waals surface area contributed by atoms with Crippen molar-refractivity contribution in [2.45, 2.75) is 0 Å². The molecule has 0 unspecified atom stereocenters. The van der Waals surface area contributed by atoms with Gasteiger partial charge in [-0.1, -0.05) is 6.07 Å². The van der Waals surface area contributed by atoms with E-state index in [-0.39, 0.29) is 5.91 Å². The molecule has 0 aromatic carbocycles. The van der Waals surface area contributed by atoms with Gasteiger partial charge in [0.2, 0.25) is 5.91 Å². The lowest BCUT2D eigenvalue weighted by Crippen LogP contribution is -2.50. The normalized spacial score (nSPS) is 15.7. The van der Waals surface area contributed by atoms with Crippen LogP contribution in [0.3, 0.4) is 0 Å². The van der Waals surface area contributed by atoms with Crippen LogP contribution in [0.25, 0.3) is 0 Å². The molecule has 1 aliphatic rings. The van der Waals surface area contributed by atoms with Crippen molar-refractivity contribution in [3.05, 3.63) is 36.7 Å². The number of carbonyl (C=O) groups excluding carboxylic acids is 1. The van der Waals surface area contributed by atoms with E-state index in [9.17, 15) is 4.79 Å². The molecule has 0 atom stereocenters. The summed E-state index contributed by atoms with van der Waals surface area (Å²) in [7, 11) is 3.62. The summed E-state index contributed by atoms with van der Waals surface area (Å²) < 4.78 is 1.70. The number of rotatable bonds is 4. The Bertz CT molecular complexity index is 648. The van der Waals surface area contributed by atoms with E-state index < -0.39 is 0 Å². The van der Waals surface area contributed by atoms with Gasteiger partial charge < -0.3 is 4.90 Å². The summed E-state index contributed by atoms with van der Waals surface area (Å²) in [5, 5.41) is 4.26. The van der Waals surface area contributed by atoms with Crippen LogP contribution in [0.15, 0.2) is 36.7 Å². The zero-order valence-corrected chi connectivity index (χ0v) is 13.6. The van der Waals surface area contributed by atoms with Crippen molar-refractivity contribution >= 4 is 17.5 Å². The molecule has 0 saturated carbocycles. The van der Waals surface area contributed by atoms with Gasteiger partial charge in [-0.3, -0.25) is 19.3 Å². The molecule has 23 heavy (non-hydrogen) atoms. The standard InChI is InChI=1S/C16H22N6O/c1-19-8-6-15(18-19)20(2)16(23)13-21-9-11-22(12-10-21)14-5-3-4-7-17-14/h3-8H,9-13H2,1-2H3. The van der Waals surface area contributed by atoms with Crippen LogP contribution in [0.2, 0.25) is 0 Å². The molecule has 0 spiro atoms. The average molecular weight is 314 g/mol. The molecule has 3 rings (SSSR count). The van der Waals surface area contributed by atoms with Crippen LogP contribution in [-0.2, 0) is 11.8 Å². The summed E-state index contributed by atoms with van der Waals surface area (Å²) >= 11 is 0. The molecule has 0 radical (unpaired) electrons. The smallest absolute Gasteiger partial charge is 0.242 e. The van der Waals surface area contributed by atoms with Gasteiger partial charge in [0.25, 0.3) is 0 Å². The van der Waals surface area contributed by atoms with E-state index in [1.54, 1.807) is 16.6 Å². The third-order valence-corrected chi connectivity index (χ3v) is 4.12. The largest absolute Gasteiger partial charge is 0.354 e. The van der Waals surface area contributed by atoms with Gasteiger partial charge in [0.05, 0.1) is 6.54 Å². The molecule has 3 heterocycles. The fourth-order valence-electron chi connectivity index (χ4n) is 2.68. The number of likely N-dealkylation sites (N-methyl/N-ethyl adjacent to an activating group) is 1. The molecule has 1 amide bonds. The SMILES string of the molecule is CN(C(=O)CN1CCN(c2ccccn2)CC1)c1ccn(C)n1. The van der Waals surface area contributed by atoms with Crippen molar-refractivity contribution in [3.8, 4) is 0 Å². The van der Waals surface area contributed by atoms with Gasteiger partial charge in [-0.2, -0.15) is 5.10 Å². The zero-order valence-electron chi connectivity index (χ0n) is 13.6. The lowest BCUT2D eigenvalue weighted by atomic mass is 10.3. The number of aromatic nitrogens is 3. The number of amides is 1. The number of piperazine rings is 1. The Kier molecular flexibility index (Phi) is 4.57. The monoisotopic (exact) mass is 314 g/mol. The maximum Gasteiger partial charge on any atom is 0.242 e. The topological polar surface area (TPSA) is 57.5 Å². The van der Waals surface area contributed by atoms with Crippen molar-refractivity contribution in [1.29, 1.82) is 0 Å². The number of hydrogen-bond acceptors (Lipinski definition) is 5. The minimum atomic E-state index is 0.0648. The van der Waals surface area contributed by atoms with Gasteiger partial charge in [0, 0.05) is 58.7 Å². The van der Waals surface area contributed by atoms with Crippen molar-refractivity contribution in [2.24, 2.45) is 7.05 Å². The molecule has 0 N–H and O–H groups in total. The van der Waals surface area contributed by atoms with Crippen LogP contribution in [0.4, 0.5) is 11.6 Å². The molecule has 7 heteroatoms. The minimum Gasteiger partial charge on any atom is -0.354 e. The summed E-state index contributed by atoms with van der Waals surface area (Å²) in [5.74, 6) is 1.75. The van der Waals surface area contributed by atoms with E-state index in [1.807, 2.05) is 43.7 Å². The second-order valence-electron chi connectivity index (χ2n) is 5.75. The first-order valence-corrected chi connectivity index (χ1v) is 7.78. The van der Waals surface area contributed by atoms with Crippen LogP contribution in [0, 0.1) is 0 Å². The van der Waals surface area contributed by atoms with E-state index in [0.717, 1.165) is 32.0 Å². The summed E-state index contributed by atoms with van der Waals surface area (Å²) in [6, 6.07) is 7.79. The van der Waals surface area contributed by atoms with Crippen molar-refractivity contribution in [2.75, 3.05) is 49.6 Å². The molecule has 1 saturated heterocycles. The Labute approximate surface area is 136 Å². The van der Waals surface area contributed by atoms with E-state index in [0.29, 0.717) is 12.4 Å². The lowest BCUT2D eigenvalue weighted by molar-refractivity contribution is -0.119. The Balaban J connectivity index is 1.51. The molecule has 1 aliphatic heterocycles. The van der Waals surface area contributed by atoms with E-state index in [2.05, 4.69) is 19.9 Å². The van der Waals surface area contributed by atoms with E-state index >= 15 is 0 Å². The number of pyridine rings is 1. The lowest BCUT2D eigenvalue weighted by Gasteiger charge is -2.35. The summed E-state index contributed by atoms with van der Waals surface area (Å²) in [6.45, 7) is 3.91. The third-order valence-electron chi connectivity index (χ3n) is 4.12. The predicted molar refractivity (Wildman–Crippen MR) is 89.5 cm³/mol. The Morgan fingerprint density at radius 1 is 1.22 bits per heavy atom.